The second kappa shape index (κ2) is 6.82. The van der Waals surface area contributed by atoms with Gasteiger partial charge in [0.05, 0.1) is 6.54 Å². The molecule has 4 aliphatic rings. The molecule has 1 atom stereocenters. The van der Waals surface area contributed by atoms with Gasteiger partial charge >= 0.3 is 0 Å². The molecule has 6 heteroatoms. The maximum Gasteiger partial charge on any atom is 0.249 e. The number of hydrogen-bond donors (Lipinski definition) is 1. The van der Waals surface area contributed by atoms with Crippen molar-refractivity contribution >= 4 is 22.4 Å². The number of hydrogen-bond acceptors (Lipinski definition) is 5. The van der Waals surface area contributed by atoms with E-state index in [1.807, 2.05) is 24.5 Å². The van der Waals surface area contributed by atoms with Gasteiger partial charge in [0.1, 0.15) is 0 Å². The molecule has 0 radical (unpaired) electrons. The SMILES string of the molecule is CC(C)(C)c1cnc(N2C=CC=C(C(=O)N[C@H]3CN4CCC3CC4)C2)s1. The van der Waals surface area contributed by atoms with Gasteiger partial charge in [-0.25, -0.2) is 4.98 Å². The van der Waals surface area contributed by atoms with E-state index in [1.165, 1.54) is 30.8 Å². The summed E-state index contributed by atoms with van der Waals surface area (Å²) >= 11 is 1.70. The van der Waals surface area contributed by atoms with Crippen LogP contribution in [0.2, 0.25) is 0 Å². The first-order valence-corrected chi connectivity index (χ1v) is 10.4. The first-order valence-electron chi connectivity index (χ1n) is 9.54. The molecular weight excluding hydrogens is 344 g/mol. The molecule has 1 aromatic heterocycles. The summed E-state index contributed by atoms with van der Waals surface area (Å²) in [5.74, 6) is 0.721. The van der Waals surface area contributed by atoms with Crippen molar-refractivity contribution in [3.8, 4) is 0 Å². The van der Waals surface area contributed by atoms with Crippen LogP contribution in [0.3, 0.4) is 0 Å². The van der Waals surface area contributed by atoms with Gasteiger partial charge in [0.15, 0.2) is 5.13 Å². The molecule has 0 saturated carbocycles. The second-order valence-electron chi connectivity index (χ2n) is 8.64. The predicted octanol–water partition coefficient (Wildman–Crippen LogP) is 2.91. The number of carbonyl (C=O) groups excluding carboxylic acids is 1. The number of allylic oxidation sites excluding steroid dienone is 2. The monoisotopic (exact) mass is 372 g/mol. The highest BCUT2D eigenvalue weighted by molar-refractivity contribution is 7.15. The average molecular weight is 373 g/mol. The Hall–Kier alpha value is -1.66. The lowest BCUT2D eigenvalue weighted by molar-refractivity contribution is -0.119. The molecule has 2 bridgehead atoms. The van der Waals surface area contributed by atoms with Crippen molar-refractivity contribution in [1.29, 1.82) is 0 Å². The largest absolute Gasteiger partial charge is 0.348 e. The minimum atomic E-state index is 0.0747. The van der Waals surface area contributed by atoms with E-state index in [0.717, 1.165) is 17.2 Å². The molecular formula is C20H28N4OS. The Bertz CT molecular complexity index is 737. The van der Waals surface area contributed by atoms with Gasteiger partial charge in [-0.15, -0.1) is 11.3 Å². The summed E-state index contributed by atoms with van der Waals surface area (Å²) in [6.45, 7) is 10.6. The van der Waals surface area contributed by atoms with Gasteiger partial charge in [0, 0.05) is 35.4 Å². The Morgan fingerprint density at radius 2 is 2.08 bits per heavy atom. The third kappa shape index (κ3) is 3.58. The van der Waals surface area contributed by atoms with E-state index in [-0.39, 0.29) is 11.3 Å². The molecule has 0 aliphatic carbocycles. The number of carbonyl (C=O) groups is 1. The van der Waals surface area contributed by atoms with Crippen molar-refractivity contribution in [2.75, 3.05) is 31.1 Å². The summed E-state index contributed by atoms with van der Waals surface area (Å²) < 4.78 is 0. The van der Waals surface area contributed by atoms with Gasteiger partial charge < -0.3 is 15.1 Å². The van der Waals surface area contributed by atoms with Crippen molar-refractivity contribution in [1.82, 2.24) is 15.2 Å². The molecule has 0 spiro atoms. The normalized spacial score (nSPS) is 28.2. The van der Waals surface area contributed by atoms with E-state index in [9.17, 15) is 4.79 Å². The molecule has 5 heterocycles. The van der Waals surface area contributed by atoms with Gasteiger partial charge in [0.2, 0.25) is 5.91 Å². The Kier molecular flexibility index (Phi) is 4.65. The third-order valence-corrected chi connectivity index (χ3v) is 7.11. The van der Waals surface area contributed by atoms with Crippen molar-refractivity contribution in [3.63, 3.8) is 0 Å². The molecule has 0 unspecified atom stereocenters. The zero-order valence-electron chi connectivity index (χ0n) is 15.9. The van der Waals surface area contributed by atoms with E-state index in [4.69, 9.17) is 0 Å². The molecule has 140 valence electrons. The maximum atomic E-state index is 12.8. The highest BCUT2D eigenvalue weighted by Gasteiger charge is 2.35. The van der Waals surface area contributed by atoms with E-state index in [1.54, 1.807) is 11.3 Å². The first-order chi connectivity index (χ1) is 12.4. The van der Waals surface area contributed by atoms with E-state index in [0.29, 0.717) is 18.5 Å². The maximum absolute atomic E-state index is 12.8. The summed E-state index contributed by atoms with van der Waals surface area (Å²) in [5, 5.41) is 4.25. The number of nitrogens with one attached hydrogen (secondary N) is 1. The first kappa shape index (κ1) is 17.7. The lowest BCUT2D eigenvalue weighted by Gasteiger charge is -2.45. The molecule has 0 aromatic carbocycles. The summed E-state index contributed by atoms with van der Waals surface area (Å²) in [4.78, 5) is 23.2. The number of aromatic nitrogens is 1. The highest BCUT2D eigenvalue weighted by atomic mass is 32.1. The zero-order chi connectivity index (χ0) is 18.3. The lowest BCUT2D eigenvalue weighted by Crippen LogP contribution is -2.57. The van der Waals surface area contributed by atoms with Crippen LogP contribution in [0.4, 0.5) is 5.13 Å². The molecule has 26 heavy (non-hydrogen) atoms. The van der Waals surface area contributed by atoms with Gasteiger partial charge in [-0.1, -0.05) is 26.8 Å². The van der Waals surface area contributed by atoms with E-state index in [2.05, 4.69) is 40.9 Å². The predicted molar refractivity (Wildman–Crippen MR) is 106 cm³/mol. The van der Waals surface area contributed by atoms with Gasteiger partial charge in [-0.3, -0.25) is 4.79 Å². The van der Waals surface area contributed by atoms with E-state index >= 15 is 0 Å². The van der Waals surface area contributed by atoms with Crippen LogP contribution in [0, 0.1) is 5.92 Å². The molecule has 1 aromatic rings. The molecule has 3 fully saturated rings. The standard InChI is InChI=1S/C20H28N4OS/c1-20(2,3)17-11-21-19(26-17)24-8-4-5-15(12-24)18(25)22-16-13-23-9-6-14(16)7-10-23/h4-5,8,11,14,16H,6-7,9-10,12-13H2,1-3H3,(H,22,25)/t16-/m0/s1. The Morgan fingerprint density at radius 1 is 1.31 bits per heavy atom. The Balaban J connectivity index is 1.40. The summed E-state index contributed by atoms with van der Waals surface area (Å²) in [7, 11) is 0. The fourth-order valence-electron chi connectivity index (χ4n) is 3.97. The van der Waals surface area contributed by atoms with Crippen molar-refractivity contribution in [3.05, 3.63) is 35.0 Å². The van der Waals surface area contributed by atoms with Crippen LogP contribution < -0.4 is 10.2 Å². The fourth-order valence-corrected chi connectivity index (χ4v) is 4.92. The van der Waals surface area contributed by atoms with Crippen LogP contribution in [0.5, 0.6) is 0 Å². The van der Waals surface area contributed by atoms with Crippen LogP contribution in [-0.4, -0.2) is 48.0 Å². The second-order valence-corrected chi connectivity index (χ2v) is 9.65. The summed E-state index contributed by atoms with van der Waals surface area (Å²) in [6.07, 6.45) is 10.3. The van der Waals surface area contributed by atoms with Crippen LogP contribution in [-0.2, 0) is 10.2 Å². The molecule has 5 nitrogen and oxygen atoms in total. The number of nitrogens with zero attached hydrogens (tertiary/aromatic N) is 3. The number of thiazole rings is 1. The van der Waals surface area contributed by atoms with Gasteiger partial charge in [-0.2, -0.15) is 0 Å². The summed E-state index contributed by atoms with van der Waals surface area (Å²) in [5.41, 5.74) is 0.914. The average Bonchev–Trinajstić information content (AvgIpc) is 3.13. The van der Waals surface area contributed by atoms with Crippen LogP contribution in [0.25, 0.3) is 0 Å². The van der Waals surface area contributed by atoms with Gasteiger partial charge in [-0.05, 0) is 43.3 Å². The molecule has 1 N–H and O–H groups in total. The van der Waals surface area contributed by atoms with Crippen molar-refractivity contribution < 1.29 is 4.79 Å². The quantitative estimate of drug-likeness (QED) is 0.886. The van der Waals surface area contributed by atoms with Gasteiger partial charge in [0.25, 0.3) is 0 Å². The molecule has 5 rings (SSSR count). The lowest BCUT2D eigenvalue weighted by atomic mass is 9.84. The Morgan fingerprint density at radius 3 is 2.69 bits per heavy atom. The number of amides is 1. The molecule has 4 aliphatic heterocycles. The van der Waals surface area contributed by atoms with E-state index < -0.39 is 0 Å². The smallest absolute Gasteiger partial charge is 0.249 e. The number of anilines is 1. The Labute approximate surface area is 159 Å². The van der Waals surface area contributed by atoms with Crippen molar-refractivity contribution in [2.45, 2.75) is 45.1 Å². The zero-order valence-corrected chi connectivity index (χ0v) is 16.7. The fraction of sp³-hybridized carbons (Fsp3) is 0.600. The van der Waals surface area contributed by atoms with Crippen molar-refractivity contribution in [2.24, 2.45) is 5.92 Å². The third-order valence-electron chi connectivity index (χ3n) is 5.65. The van der Waals surface area contributed by atoms with Crippen LogP contribution in [0.15, 0.2) is 30.1 Å². The van der Waals surface area contributed by atoms with Crippen LogP contribution >= 0.6 is 11.3 Å². The minimum Gasteiger partial charge on any atom is -0.348 e. The molecule has 3 saturated heterocycles. The molecule has 1 amide bonds. The summed E-state index contributed by atoms with van der Waals surface area (Å²) in [6, 6.07) is 0.303. The topological polar surface area (TPSA) is 48.5 Å². The minimum absolute atomic E-state index is 0.0747. The number of piperidine rings is 3. The highest BCUT2D eigenvalue weighted by Crippen LogP contribution is 2.33. The van der Waals surface area contributed by atoms with Crippen LogP contribution in [0.1, 0.15) is 38.5 Å². The number of fused-ring (bicyclic) bond motifs is 3. The number of rotatable bonds is 3.